The zero-order valence-corrected chi connectivity index (χ0v) is 22.1. The predicted octanol–water partition coefficient (Wildman–Crippen LogP) is 5.31. The van der Waals surface area contributed by atoms with Gasteiger partial charge in [-0.05, 0) is 67.9 Å². The van der Waals surface area contributed by atoms with Crippen molar-refractivity contribution in [2.45, 2.75) is 38.7 Å². The van der Waals surface area contributed by atoms with E-state index in [1.54, 1.807) is 48.5 Å². The maximum atomic E-state index is 12.9. The molecule has 5 rings (SSSR count). The van der Waals surface area contributed by atoms with Crippen LogP contribution in [0.25, 0.3) is 11.0 Å². The highest BCUT2D eigenvalue weighted by atomic mass is 35.5. The number of nitrogens with two attached hydrogens (primary N) is 1. The molecular weight excluding hydrogens is 531 g/mol. The first-order valence-corrected chi connectivity index (χ1v) is 12.6. The molecule has 1 aliphatic heterocycles. The molecule has 9 nitrogen and oxygen atoms in total. The Morgan fingerprint density at radius 2 is 1.61 bits per heavy atom. The number of carbonyl (C=O) groups is 2. The zero-order valence-electron chi connectivity index (χ0n) is 20.6. The van der Waals surface area contributed by atoms with Gasteiger partial charge in [0.1, 0.15) is 42.8 Å². The van der Waals surface area contributed by atoms with Crippen molar-refractivity contribution in [3.8, 4) is 0 Å². The third kappa shape index (κ3) is 5.05. The summed E-state index contributed by atoms with van der Waals surface area (Å²) in [6.07, 6.45) is -0.300. The lowest BCUT2D eigenvalue weighted by molar-refractivity contribution is -0.0566. The average Bonchev–Trinajstić information content (AvgIpc) is 3.41. The van der Waals surface area contributed by atoms with Gasteiger partial charge in [0, 0.05) is 22.2 Å². The number of benzene rings is 2. The highest BCUT2D eigenvalue weighted by Gasteiger charge is 2.41. The summed E-state index contributed by atoms with van der Waals surface area (Å²) in [5, 5.41) is 1.75. The molecule has 3 atom stereocenters. The number of hydrogen-bond donors (Lipinski definition) is 1. The van der Waals surface area contributed by atoms with Crippen LogP contribution in [0.5, 0.6) is 0 Å². The van der Waals surface area contributed by atoms with Gasteiger partial charge in [0.05, 0.1) is 16.5 Å². The Morgan fingerprint density at radius 3 is 2.24 bits per heavy atom. The van der Waals surface area contributed by atoms with Gasteiger partial charge in [0.2, 0.25) is 0 Å². The highest BCUT2D eigenvalue weighted by molar-refractivity contribution is 6.31. The average molecular weight is 555 g/mol. The number of carbonyl (C=O) groups excluding carboxylic acids is 2. The van der Waals surface area contributed by atoms with Gasteiger partial charge in [-0.15, -0.1) is 0 Å². The molecule has 0 amide bonds. The topological polar surface area (TPSA) is 119 Å². The molecule has 1 saturated heterocycles. The SMILES string of the molecule is Cc1c(C)n([C@H]2C[C@H](OC(=O)c3ccc(Cl)cc3)[C@@H](COC(=O)c3ccc(Cl)cc3)O2)c2ncnc(N)c12. The molecule has 1 fully saturated rings. The number of esters is 2. The Hall–Kier alpha value is -3.66. The van der Waals surface area contributed by atoms with Crippen molar-refractivity contribution in [1.82, 2.24) is 14.5 Å². The van der Waals surface area contributed by atoms with Gasteiger partial charge in [-0.25, -0.2) is 19.6 Å². The first kappa shape index (κ1) is 26.0. The largest absolute Gasteiger partial charge is 0.459 e. The molecule has 2 aromatic heterocycles. The van der Waals surface area contributed by atoms with Crippen molar-refractivity contribution < 1.29 is 23.8 Å². The minimum Gasteiger partial charge on any atom is -0.459 e. The van der Waals surface area contributed by atoms with E-state index in [9.17, 15) is 9.59 Å². The molecule has 11 heteroatoms. The number of rotatable bonds is 6. The third-order valence-electron chi connectivity index (χ3n) is 6.63. The summed E-state index contributed by atoms with van der Waals surface area (Å²) in [5.74, 6) is -0.719. The van der Waals surface area contributed by atoms with Crippen molar-refractivity contribution in [2.24, 2.45) is 0 Å². The summed E-state index contributed by atoms with van der Waals surface area (Å²) in [6.45, 7) is 3.74. The van der Waals surface area contributed by atoms with Gasteiger partial charge in [0.15, 0.2) is 0 Å². The lowest BCUT2D eigenvalue weighted by Crippen LogP contribution is -2.32. The number of anilines is 1. The van der Waals surface area contributed by atoms with E-state index in [2.05, 4.69) is 9.97 Å². The second kappa shape index (κ2) is 10.6. The van der Waals surface area contributed by atoms with Crippen LogP contribution in [0.3, 0.4) is 0 Å². The van der Waals surface area contributed by atoms with E-state index < -0.39 is 30.4 Å². The second-order valence-electron chi connectivity index (χ2n) is 8.96. The van der Waals surface area contributed by atoms with Crippen LogP contribution in [-0.2, 0) is 14.2 Å². The fourth-order valence-electron chi connectivity index (χ4n) is 4.56. The minimum atomic E-state index is -0.733. The molecular formula is C27H24Cl2N4O5. The van der Waals surface area contributed by atoms with Gasteiger partial charge in [-0.3, -0.25) is 0 Å². The number of nitrogen functional groups attached to an aromatic ring is 1. The van der Waals surface area contributed by atoms with Crippen molar-refractivity contribution in [3.05, 3.63) is 87.3 Å². The number of fused-ring (bicyclic) bond motifs is 1. The van der Waals surface area contributed by atoms with Gasteiger partial charge in [0.25, 0.3) is 0 Å². The number of aryl methyl sites for hydroxylation is 1. The van der Waals surface area contributed by atoms with Crippen molar-refractivity contribution in [3.63, 3.8) is 0 Å². The van der Waals surface area contributed by atoms with Crippen LogP contribution in [0.1, 0.15) is 44.6 Å². The standard InChI is InChI=1S/C27H24Cl2N4O5/c1-14-15(2)33(25-23(14)24(30)31-13-32-25)22-11-20(38-27(35)17-5-9-19(29)10-6-17)21(37-22)12-36-26(34)16-3-7-18(28)8-4-16/h3-10,13,20-22H,11-12H2,1-2H3,(H2,30,31,32)/t20-,21+,22+/m0/s1. The van der Waals surface area contributed by atoms with Gasteiger partial charge >= 0.3 is 11.9 Å². The lowest BCUT2D eigenvalue weighted by atomic mass is 10.1. The molecule has 4 aromatic rings. The third-order valence-corrected chi connectivity index (χ3v) is 7.13. The molecule has 1 aliphatic rings. The molecule has 0 bridgehead atoms. The molecule has 196 valence electrons. The van der Waals surface area contributed by atoms with E-state index in [4.69, 9.17) is 43.1 Å². The number of hydrogen-bond acceptors (Lipinski definition) is 8. The van der Waals surface area contributed by atoms with E-state index in [1.165, 1.54) is 6.33 Å². The summed E-state index contributed by atoms with van der Waals surface area (Å²) in [4.78, 5) is 34.1. The quantitative estimate of drug-likeness (QED) is 0.318. The van der Waals surface area contributed by atoms with E-state index in [1.807, 2.05) is 18.4 Å². The molecule has 3 heterocycles. The minimum absolute atomic E-state index is 0.134. The predicted molar refractivity (Wildman–Crippen MR) is 142 cm³/mol. The highest BCUT2D eigenvalue weighted by Crippen LogP contribution is 2.38. The van der Waals surface area contributed by atoms with Crippen molar-refractivity contribution in [1.29, 1.82) is 0 Å². The summed E-state index contributed by atoms with van der Waals surface area (Å²) < 4.78 is 19.6. The summed E-state index contributed by atoms with van der Waals surface area (Å²) in [6, 6.07) is 12.7. The Labute approximate surface area is 228 Å². The first-order chi connectivity index (χ1) is 18.2. The zero-order chi connectivity index (χ0) is 27.0. The van der Waals surface area contributed by atoms with Crippen LogP contribution < -0.4 is 5.73 Å². The van der Waals surface area contributed by atoms with Crippen LogP contribution in [0, 0.1) is 13.8 Å². The molecule has 0 unspecified atom stereocenters. The van der Waals surface area contributed by atoms with Gasteiger partial charge < -0.3 is 24.5 Å². The van der Waals surface area contributed by atoms with E-state index in [-0.39, 0.29) is 6.61 Å². The molecule has 0 saturated carbocycles. The molecule has 0 radical (unpaired) electrons. The summed E-state index contributed by atoms with van der Waals surface area (Å²) >= 11 is 11.9. The molecule has 0 aliphatic carbocycles. The lowest BCUT2D eigenvalue weighted by Gasteiger charge is -2.19. The van der Waals surface area contributed by atoms with Crippen LogP contribution in [0.2, 0.25) is 10.0 Å². The second-order valence-corrected chi connectivity index (χ2v) is 9.83. The Balaban J connectivity index is 1.41. The van der Waals surface area contributed by atoms with Crippen molar-refractivity contribution >= 4 is 52.0 Å². The maximum absolute atomic E-state index is 12.9. The number of halogens is 2. The van der Waals surface area contributed by atoms with Gasteiger partial charge in [-0.2, -0.15) is 0 Å². The van der Waals surface area contributed by atoms with E-state index in [0.717, 1.165) is 16.6 Å². The van der Waals surface area contributed by atoms with Crippen LogP contribution in [-0.4, -0.2) is 45.3 Å². The Kier molecular flexibility index (Phi) is 7.25. The number of aromatic nitrogens is 3. The monoisotopic (exact) mass is 554 g/mol. The van der Waals surface area contributed by atoms with Crippen LogP contribution >= 0.6 is 23.2 Å². The smallest absolute Gasteiger partial charge is 0.338 e. The normalized spacial score (nSPS) is 19.0. The number of ether oxygens (including phenoxy) is 3. The Bertz CT molecular complexity index is 1500. The van der Waals surface area contributed by atoms with E-state index >= 15 is 0 Å². The fraction of sp³-hybridized carbons (Fsp3) is 0.259. The van der Waals surface area contributed by atoms with Crippen LogP contribution in [0.4, 0.5) is 5.82 Å². The molecule has 38 heavy (non-hydrogen) atoms. The summed E-state index contributed by atoms with van der Waals surface area (Å²) in [7, 11) is 0. The van der Waals surface area contributed by atoms with Crippen LogP contribution in [0.15, 0.2) is 54.9 Å². The Morgan fingerprint density at radius 1 is 1.00 bits per heavy atom. The molecule has 0 spiro atoms. The van der Waals surface area contributed by atoms with Gasteiger partial charge in [-0.1, -0.05) is 23.2 Å². The van der Waals surface area contributed by atoms with Crippen molar-refractivity contribution in [2.75, 3.05) is 12.3 Å². The molecule has 2 aromatic carbocycles. The first-order valence-electron chi connectivity index (χ1n) is 11.8. The molecule has 2 N–H and O–H groups in total. The fourth-order valence-corrected chi connectivity index (χ4v) is 4.81. The number of nitrogens with zero attached hydrogens (tertiary/aromatic N) is 3. The summed E-state index contributed by atoms with van der Waals surface area (Å²) in [5.41, 5.74) is 9.24. The van der Waals surface area contributed by atoms with E-state index in [0.29, 0.717) is 39.1 Å². The maximum Gasteiger partial charge on any atom is 0.338 e.